The Labute approximate surface area is 132 Å². The molecule has 1 atom stereocenters. The number of anilines is 1. The number of hydrogen-bond donors (Lipinski definition) is 2. The lowest BCUT2D eigenvalue weighted by Gasteiger charge is -2.21. The van der Waals surface area contributed by atoms with Crippen molar-refractivity contribution in [3.8, 4) is 0 Å². The molecule has 1 unspecified atom stereocenters. The van der Waals surface area contributed by atoms with Crippen molar-refractivity contribution in [2.75, 3.05) is 25.5 Å². The summed E-state index contributed by atoms with van der Waals surface area (Å²) in [4.78, 5) is 14.0. The van der Waals surface area contributed by atoms with E-state index in [1.54, 1.807) is 12.1 Å². The molecular weight excluding hydrogens is 286 g/mol. The summed E-state index contributed by atoms with van der Waals surface area (Å²) < 4.78 is 0. The van der Waals surface area contributed by atoms with Gasteiger partial charge in [-0.1, -0.05) is 31.5 Å². The average Bonchev–Trinajstić information content (AvgIpc) is 2.42. The Morgan fingerprint density at radius 1 is 1.38 bits per heavy atom. The van der Waals surface area contributed by atoms with Gasteiger partial charge >= 0.3 is 0 Å². The van der Waals surface area contributed by atoms with E-state index in [0.29, 0.717) is 17.4 Å². The molecule has 118 valence electrons. The summed E-state index contributed by atoms with van der Waals surface area (Å²) in [5.74, 6) is 0.488. The van der Waals surface area contributed by atoms with Crippen LogP contribution in [0.25, 0.3) is 0 Å². The van der Waals surface area contributed by atoms with E-state index in [1.165, 1.54) is 0 Å². The normalized spacial score (nSPS) is 12.7. The van der Waals surface area contributed by atoms with Crippen LogP contribution in [0.5, 0.6) is 0 Å². The van der Waals surface area contributed by atoms with Crippen molar-refractivity contribution in [3.63, 3.8) is 0 Å². The van der Waals surface area contributed by atoms with Crippen molar-refractivity contribution in [1.82, 2.24) is 4.90 Å². The van der Waals surface area contributed by atoms with Crippen LogP contribution < -0.4 is 11.1 Å². The van der Waals surface area contributed by atoms with Crippen LogP contribution in [-0.4, -0.2) is 37.0 Å². The average molecular weight is 312 g/mol. The first-order chi connectivity index (χ1) is 9.88. The summed E-state index contributed by atoms with van der Waals surface area (Å²) in [5, 5.41) is 3.46. The van der Waals surface area contributed by atoms with Gasteiger partial charge in [-0.2, -0.15) is 0 Å². The molecule has 0 aromatic heterocycles. The fraction of sp³-hybridized carbons (Fsp3) is 0.562. The zero-order valence-corrected chi connectivity index (χ0v) is 13.9. The molecule has 0 saturated carbocycles. The third kappa shape index (κ3) is 7.46. The summed E-state index contributed by atoms with van der Waals surface area (Å²) in [7, 11) is 2.01. The van der Waals surface area contributed by atoms with Gasteiger partial charge in [0.25, 0.3) is 0 Å². The molecule has 0 aliphatic carbocycles. The van der Waals surface area contributed by atoms with Gasteiger partial charge < -0.3 is 16.0 Å². The Balaban J connectivity index is 2.26. The molecule has 0 heterocycles. The maximum absolute atomic E-state index is 11.9. The molecule has 1 aromatic carbocycles. The van der Waals surface area contributed by atoms with Crippen molar-refractivity contribution in [1.29, 1.82) is 0 Å². The quantitative estimate of drug-likeness (QED) is 0.776. The molecular formula is C16H26ClN3O. The zero-order valence-electron chi connectivity index (χ0n) is 13.1. The topological polar surface area (TPSA) is 58.4 Å². The minimum atomic E-state index is -0.00252. The largest absolute Gasteiger partial charge is 0.327 e. The number of carbonyl (C=O) groups is 1. The van der Waals surface area contributed by atoms with Gasteiger partial charge in [-0.05, 0) is 44.1 Å². The first-order valence-electron chi connectivity index (χ1n) is 7.38. The molecule has 1 aromatic rings. The number of carbonyl (C=O) groups excluding carboxylic acids is 1. The molecule has 5 heteroatoms. The molecule has 1 amide bonds. The predicted octanol–water partition coefficient (Wildman–Crippen LogP) is 2.97. The predicted molar refractivity (Wildman–Crippen MR) is 89.6 cm³/mol. The third-order valence-electron chi connectivity index (χ3n) is 3.53. The van der Waals surface area contributed by atoms with Gasteiger partial charge in [0.1, 0.15) is 0 Å². The highest BCUT2D eigenvalue weighted by molar-refractivity contribution is 6.30. The lowest BCUT2D eigenvalue weighted by molar-refractivity contribution is -0.116. The summed E-state index contributed by atoms with van der Waals surface area (Å²) in [5.41, 5.74) is 6.75. The highest BCUT2D eigenvalue weighted by Crippen LogP contribution is 2.15. The fourth-order valence-corrected chi connectivity index (χ4v) is 2.09. The van der Waals surface area contributed by atoms with E-state index in [-0.39, 0.29) is 11.9 Å². The Kier molecular flexibility index (Phi) is 7.72. The Morgan fingerprint density at radius 2 is 2.10 bits per heavy atom. The number of halogens is 1. The molecule has 0 spiro atoms. The third-order valence-corrected chi connectivity index (χ3v) is 3.76. The maximum Gasteiger partial charge on any atom is 0.225 e. The number of nitrogens with two attached hydrogens (primary N) is 1. The smallest absolute Gasteiger partial charge is 0.225 e. The molecule has 0 saturated heterocycles. The summed E-state index contributed by atoms with van der Waals surface area (Å²) in [6.07, 6.45) is 1.41. The van der Waals surface area contributed by atoms with Gasteiger partial charge in [0.15, 0.2) is 0 Å². The molecule has 0 fully saturated rings. The van der Waals surface area contributed by atoms with E-state index in [9.17, 15) is 4.79 Å². The zero-order chi connectivity index (χ0) is 15.8. The highest BCUT2D eigenvalue weighted by atomic mass is 35.5. The monoisotopic (exact) mass is 311 g/mol. The van der Waals surface area contributed by atoms with Crippen molar-refractivity contribution in [2.45, 2.75) is 32.7 Å². The van der Waals surface area contributed by atoms with E-state index in [2.05, 4.69) is 24.1 Å². The number of amides is 1. The second-order valence-corrected chi connectivity index (χ2v) is 6.24. The molecule has 21 heavy (non-hydrogen) atoms. The molecule has 0 aliphatic rings. The number of benzene rings is 1. The van der Waals surface area contributed by atoms with Crippen molar-refractivity contribution in [2.24, 2.45) is 11.7 Å². The fourth-order valence-electron chi connectivity index (χ4n) is 1.90. The minimum absolute atomic E-state index is 0.00252. The Bertz CT molecular complexity index is 451. The first kappa shape index (κ1) is 18.0. The summed E-state index contributed by atoms with van der Waals surface area (Å²) >= 11 is 5.88. The van der Waals surface area contributed by atoms with E-state index in [0.717, 1.165) is 25.2 Å². The number of nitrogens with zero attached hydrogens (tertiary/aromatic N) is 1. The molecule has 0 bridgehead atoms. The van der Waals surface area contributed by atoms with Crippen molar-refractivity contribution in [3.05, 3.63) is 29.3 Å². The lowest BCUT2D eigenvalue weighted by Crippen LogP contribution is -2.33. The van der Waals surface area contributed by atoms with Crippen LogP contribution in [-0.2, 0) is 4.79 Å². The van der Waals surface area contributed by atoms with Crippen molar-refractivity contribution >= 4 is 23.2 Å². The summed E-state index contributed by atoms with van der Waals surface area (Å²) in [6, 6.07) is 7.38. The van der Waals surface area contributed by atoms with Crippen LogP contribution >= 0.6 is 11.6 Å². The van der Waals surface area contributed by atoms with E-state index < -0.39 is 0 Å². The number of rotatable bonds is 8. The number of nitrogens with one attached hydrogen (secondary N) is 1. The standard InChI is InChI=1S/C16H26ClN3O/c1-12(2)15(18)7-9-20(3)10-8-16(21)19-14-6-4-5-13(17)11-14/h4-6,11-12,15H,7-10,18H2,1-3H3,(H,19,21). The van der Waals surface area contributed by atoms with Gasteiger partial charge in [-0.25, -0.2) is 0 Å². The van der Waals surface area contributed by atoms with Gasteiger partial charge in [0.2, 0.25) is 5.91 Å². The minimum Gasteiger partial charge on any atom is -0.327 e. The maximum atomic E-state index is 11.9. The second kappa shape index (κ2) is 9.03. The van der Waals surface area contributed by atoms with Crippen LogP contribution in [0.1, 0.15) is 26.7 Å². The summed E-state index contributed by atoms with van der Waals surface area (Å²) in [6.45, 7) is 5.88. The Hall–Kier alpha value is -1.10. The SMILES string of the molecule is CC(C)C(N)CCN(C)CCC(=O)Nc1cccc(Cl)c1. The van der Waals surface area contributed by atoms with E-state index >= 15 is 0 Å². The second-order valence-electron chi connectivity index (χ2n) is 5.81. The molecule has 0 radical (unpaired) electrons. The van der Waals surface area contributed by atoms with Crippen LogP contribution in [0.4, 0.5) is 5.69 Å². The lowest BCUT2D eigenvalue weighted by atomic mass is 10.0. The van der Waals surface area contributed by atoms with Crippen LogP contribution in [0, 0.1) is 5.92 Å². The highest BCUT2D eigenvalue weighted by Gasteiger charge is 2.10. The Morgan fingerprint density at radius 3 is 2.71 bits per heavy atom. The molecule has 4 nitrogen and oxygen atoms in total. The van der Waals surface area contributed by atoms with E-state index in [4.69, 9.17) is 17.3 Å². The molecule has 1 rings (SSSR count). The van der Waals surface area contributed by atoms with Crippen LogP contribution in [0.2, 0.25) is 5.02 Å². The van der Waals surface area contributed by atoms with Gasteiger partial charge in [-0.15, -0.1) is 0 Å². The number of hydrogen-bond acceptors (Lipinski definition) is 3. The van der Waals surface area contributed by atoms with Crippen LogP contribution in [0.15, 0.2) is 24.3 Å². The van der Waals surface area contributed by atoms with Crippen LogP contribution in [0.3, 0.4) is 0 Å². The van der Waals surface area contributed by atoms with Gasteiger partial charge in [0, 0.05) is 29.7 Å². The first-order valence-corrected chi connectivity index (χ1v) is 7.76. The van der Waals surface area contributed by atoms with Crippen molar-refractivity contribution < 1.29 is 4.79 Å². The molecule has 3 N–H and O–H groups in total. The van der Waals surface area contributed by atoms with E-state index in [1.807, 2.05) is 19.2 Å². The molecule has 0 aliphatic heterocycles. The van der Waals surface area contributed by atoms with Gasteiger partial charge in [-0.3, -0.25) is 4.79 Å². The van der Waals surface area contributed by atoms with Gasteiger partial charge in [0.05, 0.1) is 0 Å².